The van der Waals surface area contributed by atoms with Crippen molar-refractivity contribution in [2.24, 2.45) is 0 Å². The zero-order valence-corrected chi connectivity index (χ0v) is 5.86. The zero-order valence-electron chi connectivity index (χ0n) is 1.42. The van der Waals surface area contributed by atoms with E-state index in [2.05, 4.69) is 0 Å². The monoisotopic (exact) mass is 229 g/mol. The Bertz CT molecular complexity index is 8.00. The van der Waals surface area contributed by atoms with Crippen LogP contribution < -0.4 is 0 Å². The van der Waals surface area contributed by atoms with Crippen LogP contribution in [0.2, 0.25) is 0 Å². The molecule has 0 unspecified atom stereocenters. The molecule has 0 nitrogen and oxygen atoms in total. The summed E-state index contributed by atoms with van der Waals surface area (Å²) < 4.78 is 0. The van der Waals surface area contributed by atoms with Crippen molar-refractivity contribution in [3.63, 3.8) is 0 Å². The summed E-state index contributed by atoms with van der Waals surface area (Å²) >= 11 is 0. The van der Waals surface area contributed by atoms with Gasteiger partial charge in [-0.05, 0) is 0 Å². The van der Waals surface area contributed by atoms with Gasteiger partial charge in [0.15, 0.2) is 0 Å². The molecule has 0 fully saturated rings. The molecule has 4 heteroatoms. The molecule has 33 valence electrons. The molecule has 0 aliphatic heterocycles. The van der Waals surface area contributed by atoms with Crippen molar-refractivity contribution >= 4 is 0 Å². The van der Waals surface area contributed by atoms with Gasteiger partial charge in [-0.3, -0.25) is 0 Å². The third-order valence-electron chi connectivity index (χ3n) is 0. The molecule has 0 saturated carbocycles. The molecule has 0 heterocycles. The predicted molar refractivity (Wildman–Crippen MR) is 0 cm³/mol. The Hall–Kier alpha value is 2.08. The molecule has 0 N–H and O–H groups in total. The Kier molecular flexibility index (Phi) is 177. The van der Waals surface area contributed by atoms with E-state index >= 15 is 0 Å². The number of rotatable bonds is 0. The Labute approximate surface area is 67.8 Å². The predicted octanol–water partition coefficient (Wildman–Crippen LogP) is -0.0100. The summed E-state index contributed by atoms with van der Waals surface area (Å²) in [5.41, 5.74) is 0. The second kappa shape index (κ2) is 19.6. The van der Waals surface area contributed by atoms with Crippen molar-refractivity contribution in [2.45, 2.75) is 0 Å². The average Bonchev–Trinajstić information content (AvgIpc) is 0. The van der Waals surface area contributed by atoms with Gasteiger partial charge in [0.05, 0.1) is 0 Å². The summed E-state index contributed by atoms with van der Waals surface area (Å²) in [7, 11) is 0. The van der Waals surface area contributed by atoms with E-state index in [9.17, 15) is 0 Å². The molecule has 0 aromatic heterocycles. The maximum absolute atomic E-state index is 0. The summed E-state index contributed by atoms with van der Waals surface area (Å²) in [6.45, 7) is 0. The zero-order chi connectivity index (χ0) is 0. The van der Waals surface area contributed by atoms with Crippen LogP contribution in [0.1, 0.15) is 0 Å². The standard InChI is InChI=1S/Co.Cr.Cu.Mn. The fraction of sp³-hybridized carbons (Fsp3) is 0. The van der Waals surface area contributed by atoms with E-state index in [-0.39, 0.29) is 68.3 Å². The summed E-state index contributed by atoms with van der Waals surface area (Å²) in [5.74, 6) is 0. The van der Waals surface area contributed by atoms with E-state index in [4.69, 9.17) is 0 Å². The van der Waals surface area contributed by atoms with Gasteiger partial charge in [0.2, 0.25) is 0 Å². The number of hydrogen-bond donors (Lipinski definition) is 0. The second-order valence-electron chi connectivity index (χ2n) is 0. The first kappa shape index (κ1) is 36.3. The SMILES string of the molecule is [Co].[Cr].[Cu].[Mn]. The Balaban J connectivity index is 0. The maximum atomic E-state index is 0. The van der Waals surface area contributed by atoms with Crippen LogP contribution in [-0.4, -0.2) is 0 Å². The van der Waals surface area contributed by atoms with Gasteiger partial charge in [0.25, 0.3) is 0 Å². The topological polar surface area (TPSA) is 0 Å². The van der Waals surface area contributed by atoms with Gasteiger partial charge in [-0.1, -0.05) is 0 Å². The van der Waals surface area contributed by atoms with E-state index in [0.717, 1.165) is 0 Å². The first-order valence-corrected chi connectivity index (χ1v) is 0. The molecule has 0 rings (SSSR count). The molecule has 0 aliphatic rings. The average molecular weight is 229 g/mol. The van der Waals surface area contributed by atoms with Crippen LogP contribution >= 0.6 is 0 Å². The van der Waals surface area contributed by atoms with Gasteiger partial charge in [0, 0.05) is 68.3 Å². The third kappa shape index (κ3) is 8.95. The van der Waals surface area contributed by atoms with E-state index in [0.29, 0.717) is 0 Å². The molecule has 0 saturated heterocycles. The van der Waals surface area contributed by atoms with E-state index < -0.39 is 0 Å². The molecule has 0 aliphatic carbocycles. The van der Waals surface area contributed by atoms with Gasteiger partial charge in [-0.15, -0.1) is 0 Å². The first-order chi connectivity index (χ1) is 0. The van der Waals surface area contributed by atoms with Crippen molar-refractivity contribution in [3.8, 4) is 0 Å². The van der Waals surface area contributed by atoms with E-state index in [1.165, 1.54) is 0 Å². The summed E-state index contributed by atoms with van der Waals surface area (Å²) in [6, 6.07) is 0. The van der Waals surface area contributed by atoms with E-state index in [1.807, 2.05) is 0 Å². The van der Waals surface area contributed by atoms with Gasteiger partial charge in [-0.25, -0.2) is 0 Å². The fourth-order valence-corrected chi connectivity index (χ4v) is 0. The Morgan fingerprint density at radius 3 is 1.00 bits per heavy atom. The number of hydrogen-bond acceptors (Lipinski definition) is 0. The second-order valence-corrected chi connectivity index (χ2v) is 0. The van der Waals surface area contributed by atoms with Crippen molar-refractivity contribution < 1.29 is 68.3 Å². The molecular formula is CoCrCuMn. The summed E-state index contributed by atoms with van der Waals surface area (Å²) in [6.07, 6.45) is 0. The van der Waals surface area contributed by atoms with Crippen LogP contribution in [0.25, 0.3) is 0 Å². The van der Waals surface area contributed by atoms with Crippen LogP contribution in [0.3, 0.4) is 0 Å². The normalized spacial score (nSPS) is 0. The molecule has 0 atom stereocenters. The minimum absolute atomic E-state index is 0. The van der Waals surface area contributed by atoms with Crippen LogP contribution in [0.5, 0.6) is 0 Å². The largest absolute Gasteiger partial charge is 0 e. The maximum Gasteiger partial charge on any atom is 0 e. The molecule has 4 heavy (non-hydrogen) atoms. The summed E-state index contributed by atoms with van der Waals surface area (Å²) in [5, 5.41) is 0. The van der Waals surface area contributed by atoms with Gasteiger partial charge < -0.3 is 0 Å². The van der Waals surface area contributed by atoms with Gasteiger partial charge in [-0.2, -0.15) is 0 Å². The smallest absolute Gasteiger partial charge is 0 e. The molecular weight excluding hydrogens is 229 g/mol. The van der Waals surface area contributed by atoms with Gasteiger partial charge in [0.1, 0.15) is 0 Å². The Morgan fingerprint density at radius 1 is 1.00 bits per heavy atom. The van der Waals surface area contributed by atoms with E-state index in [1.54, 1.807) is 0 Å². The van der Waals surface area contributed by atoms with Crippen molar-refractivity contribution in [3.05, 3.63) is 0 Å². The fourth-order valence-electron chi connectivity index (χ4n) is 0. The first-order valence-electron chi connectivity index (χ1n) is 0. The van der Waals surface area contributed by atoms with Crippen LogP contribution in [-0.2, 0) is 68.3 Å². The van der Waals surface area contributed by atoms with Crippen LogP contribution in [0, 0.1) is 0 Å². The van der Waals surface area contributed by atoms with Crippen molar-refractivity contribution in [2.75, 3.05) is 0 Å². The van der Waals surface area contributed by atoms with Crippen LogP contribution in [0.15, 0.2) is 0 Å². The molecule has 0 spiro atoms. The van der Waals surface area contributed by atoms with Gasteiger partial charge >= 0.3 is 0 Å². The summed E-state index contributed by atoms with van der Waals surface area (Å²) in [4.78, 5) is 0. The quantitative estimate of drug-likeness (QED) is 0.513. The van der Waals surface area contributed by atoms with Crippen molar-refractivity contribution in [1.29, 1.82) is 0 Å². The molecule has 0 amide bonds. The molecule has 3 radical (unpaired) electrons. The minimum Gasteiger partial charge on any atom is 0 e. The Morgan fingerprint density at radius 2 is 1.00 bits per heavy atom. The third-order valence-corrected chi connectivity index (χ3v) is 0. The minimum atomic E-state index is 0. The molecule has 0 aromatic rings. The van der Waals surface area contributed by atoms with Crippen LogP contribution in [0.4, 0.5) is 0 Å². The molecule has 0 aromatic carbocycles. The molecule has 0 bridgehead atoms. The van der Waals surface area contributed by atoms with Crippen molar-refractivity contribution in [1.82, 2.24) is 0 Å².